The highest BCUT2D eigenvalue weighted by atomic mass is 16.3. The number of benzene rings is 1. The Balaban J connectivity index is 1.70. The molecule has 1 atom stereocenters. The summed E-state index contributed by atoms with van der Waals surface area (Å²) < 4.78 is 0. The van der Waals surface area contributed by atoms with Crippen molar-refractivity contribution in [1.29, 1.82) is 0 Å². The molecule has 2 aromatic rings. The maximum Gasteiger partial charge on any atom is 0.0971 e. The summed E-state index contributed by atoms with van der Waals surface area (Å²) in [5.74, 6) is 0. The number of rotatable bonds is 6. The molecule has 1 N–H and O–H groups in total. The summed E-state index contributed by atoms with van der Waals surface area (Å²) in [5, 5.41) is 18.8. The van der Waals surface area contributed by atoms with Gasteiger partial charge in [-0.05, 0) is 31.9 Å². The molecular weight excluding hydrogens is 288 g/mol. The molecule has 5 nitrogen and oxygen atoms in total. The minimum atomic E-state index is -0.318. The molecule has 124 valence electrons. The van der Waals surface area contributed by atoms with Gasteiger partial charge in [-0.2, -0.15) is 15.0 Å². The van der Waals surface area contributed by atoms with Gasteiger partial charge in [0.05, 0.1) is 23.7 Å². The van der Waals surface area contributed by atoms with Crippen molar-refractivity contribution in [3.63, 3.8) is 0 Å². The topological polar surface area (TPSA) is 54.2 Å². The zero-order valence-electron chi connectivity index (χ0n) is 13.8. The lowest BCUT2D eigenvalue weighted by molar-refractivity contribution is 0.0759. The Hall–Kier alpha value is -1.72. The third kappa shape index (κ3) is 4.39. The number of aliphatic hydroxyl groups excluding tert-OH is 1. The van der Waals surface area contributed by atoms with Crippen LogP contribution in [0.4, 0.5) is 0 Å². The molecule has 3 rings (SSSR count). The fourth-order valence-corrected chi connectivity index (χ4v) is 3.39. The largest absolute Gasteiger partial charge is 0.392 e. The van der Waals surface area contributed by atoms with Crippen LogP contribution in [0.3, 0.4) is 0 Å². The molecule has 0 aliphatic heterocycles. The number of nitrogens with zero attached hydrogens (tertiary/aromatic N) is 4. The molecule has 0 amide bonds. The van der Waals surface area contributed by atoms with Gasteiger partial charge in [0.25, 0.3) is 0 Å². The predicted molar refractivity (Wildman–Crippen MR) is 90.3 cm³/mol. The first kappa shape index (κ1) is 16.1. The van der Waals surface area contributed by atoms with Crippen molar-refractivity contribution in [2.24, 2.45) is 0 Å². The molecule has 1 aromatic carbocycles. The Labute approximate surface area is 137 Å². The summed E-state index contributed by atoms with van der Waals surface area (Å²) in [6.07, 6.45) is 7.88. The fraction of sp³-hybridized carbons (Fsp3) is 0.556. The average Bonchev–Trinajstić information content (AvgIpc) is 3.04. The highest BCUT2D eigenvalue weighted by Gasteiger charge is 2.23. The minimum absolute atomic E-state index is 0.318. The van der Waals surface area contributed by atoms with Crippen LogP contribution < -0.4 is 0 Å². The Morgan fingerprint density at radius 3 is 2.65 bits per heavy atom. The molecule has 0 spiro atoms. The smallest absolute Gasteiger partial charge is 0.0971 e. The zero-order valence-corrected chi connectivity index (χ0v) is 13.8. The van der Waals surface area contributed by atoms with E-state index in [2.05, 4.69) is 15.1 Å². The van der Waals surface area contributed by atoms with Crippen molar-refractivity contribution in [3.05, 3.63) is 42.2 Å². The highest BCUT2D eigenvalue weighted by molar-refractivity contribution is 5.28. The van der Waals surface area contributed by atoms with Crippen molar-refractivity contribution in [1.82, 2.24) is 19.9 Å². The SMILES string of the molecule is CC(O)CN(Cc1cnn(-c2ccccc2)n1)C1CCCCC1. The monoisotopic (exact) mass is 314 g/mol. The van der Waals surface area contributed by atoms with Crippen LogP contribution in [0.2, 0.25) is 0 Å². The summed E-state index contributed by atoms with van der Waals surface area (Å²) in [6.45, 7) is 3.31. The van der Waals surface area contributed by atoms with Crippen LogP contribution in [0.1, 0.15) is 44.7 Å². The van der Waals surface area contributed by atoms with Gasteiger partial charge in [0, 0.05) is 19.1 Å². The third-order valence-electron chi connectivity index (χ3n) is 4.48. The normalized spacial score (nSPS) is 17.5. The van der Waals surface area contributed by atoms with Crippen LogP contribution in [0.5, 0.6) is 0 Å². The molecule has 0 bridgehead atoms. The lowest BCUT2D eigenvalue weighted by atomic mass is 9.94. The van der Waals surface area contributed by atoms with Gasteiger partial charge in [0.2, 0.25) is 0 Å². The van der Waals surface area contributed by atoms with Gasteiger partial charge in [-0.15, -0.1) is 0 Å². The summed E-state index contributed by atoms with van der Waals surface area (Å²) in [6, 6.07) is 10.5. The number of hydrogen-bond acceptors (Lipinski definition) is 4. The summed E-state index contributed by atoms with van der Waals surface area (Å²) in [4.78, 5) is 4.06. The molecule has 23 heavy (non-hydrogen) atoms. The van der Waals surface area contributed by atoms with Crippen molar-refractivity contribution >= 4 is 0 Å². The number of hydrogen-bond donors (Lipinski definition) is 1. The molecule has 0 radical (unpaired) electrons. The van der Waals surface area contributed by atoms with Crippen molar-refractivity contribution in [2.45, 2.75) is 57.7 Å². The number of aliphatic hydroxyl groups is 1. The standard InChI is InChI=1S/C18H26N4O/c1-15(23)13-21(17-8-4-2-5-9-17)14-16-12-19-22(20-16)18-10-6-3-7-11-18/h3,6-7,10-12,15,17,23H,2,4-5,8-9,13-14H2,1H3. The molecule has 1 aliphatic carbocycles. The Morgan fingerprint density at radius 1 is 1.22 bits per heavy atom. The Kier molecular flexibility index (Phi) is 5.41. The summed E-state index contributed by atoms with van der Waals surface area (Å²) >= 11 is 0. The minimum Gasteiger partial charge on any atom is -0.392 e. The van der Waals surface area contributed by atoms with Crippen LogP contribution in [-0.2, 0) is 6.54 Å². The summed E-state index contributed by atoms with van der Waals surface area (Å²) in [5.41, 5.74) is 1.93. The molecule has 1 heterocycles. The van der Waals surface area contributed by atoms with Gasteiger partial charge < -0.3 is 5.11 Å². The molecule has 0 saturated heterocycles. The van der Waals surface area contributed by atoms with E-state index in [0.29, 0.717) is 12.6 Å². The summed E-state index contributed by atoms with van der Waals surface area (Å²) in [7, 11) is 0. The second-order valence-corrected chi connectivity index (χ2v) is 6.53. The van der Waals surface area contributed by atoms with Crippen LogP contribution >= 0.6 is 0 Å². The number of para-hydroxylation sites is 1. The van der Waals surface area contributed by atoms with Crippen molar-refractivity contribution < 1.29 is 5.11 Å². The predicted octanol–water partition coefficient (Wildman–Crippen LogP) is 2.78. The maximum atomic E-state index is 9.83. The first-order valence-corrected chi connectivity index (χ1v) is 8.61. The van der Waals surface area contributed by atoms with Gasteiger partial charge in [-0.25, -0.2) is 0 Å². The lowest BCUT2D eigenvalue weighted by Crippen LogP contribution is -2.40. The van der Waals surface area contributed by atoms with E-state index in [4.69, 9.17) is 0 Å². The number of aromatic nitrogens is 3. The molecule has 1 saturated carbocycles. The van der Waals surface area contributed by atoms with Gasteiger partial charge in [-0.3, -0.25) is 4.90 Å². The lowest BCUT2D eigenvalue weighted by Gasteiger charge is -2.34. The Bertz CT molecular complexity index is 590. The van der Waals surface area contributed by atoms with Crippen LogP contribution in [0, 0.1) is 0 Å². The van der Waals surface area contributed by atoms with E-state index in [1.165, 1.54) is 32.1 Å². The third-order valence-corrected chi connectivity index (χ3v) is 4.48. The second kappa shape index (κ2) is 7.70. The molecule has 1 aromatic heterocycles. The Morgan fingerprint density at radius 2 is 1.96 bits per heavy atom. The molecular formula is C18H26N4O. The van der Waals surface area contributed by atoms with E-state index < -0.39 is 0 Å². The van der Waals surface area contributed by atoms with Crippen molar-refractivity contribution in [3.8, 4) is 5.69 Å². The van der Waals surface area contributed by atoms with E-state index in [1.807, 2.05) is 43.5 Å². The molecule has 1 aliphatic rings. The van der Waals surface area contributed by atoms with E-state index in [9.17, 15) is 5.11 Å². The van der Waals surface area contributed by atoms with Crippen LogP contribution in [-0.4, -0.2) is 43.7 Å². The van der Waals surface area contributed by atoms with Crippen LogP contribution in [0.15, 0.2) is 36.5 Å². The van der Waals surface area contributed by atoms with Crippen LogP contribution in [0.25, 0.3) is 5.69 Å². The quantitative estimate of drug-likeness (QED) is 0.891. The van der Waals surface area contributed by atoms with Gasteiger partial charge in [-0.1, -0.05) is 37.5 Å². The van der Waals surface area contributed by atoms with E-state index in [1.54, 1.807) is 4.80 Å². The first-order chi connectivity index (χ1) is 11.2. The highest BCUT2D eigenvalue weighted by Crippen LogP contribution is 2.24. The van der Waals surface area contributed by atoms with Gasteiger partial charge >= 0.3 is 0 Å². The molecule has 1 fully saturated rings. The average molecular weight is 314 g/mol. The second-order valence-electron chi connectivity index (χ2n) is 6.53. The molecule has 1 unspecified atom stereocenters. The fourth-order valence-electron chi connectivity index (χ4n) is 3.39. The first-order valence-electron chi connectivity index (χ1n) is 8.61. The molecule has 5 heteroatoms. The maximum absolute atomic E-state index is 9.83. The van der Waals surface area contributed by atoms with E-state index >= 15 is 0 Å². The zero-order chi connectivity index (χ0) is 16.1. The van der Waals surface area contributed by atoms with E-state index in [0.717, 1.165) is 17.9 Å². The van der Waals surface area contributed by atoms with Crippen molar-refractivity contribution in [2.75, 3.05) is 6.54 Å². The van der Waals surface area contributed by atoms with E-state index in [-0.39, 0.29) is 6.10 Å². The van der Waals surface area contributed by atoms with Gasteiger partial charge in [0.15, 0.2) is 0 Å². The van der Waals surface area contributed by atoms with Gasteiger partial charge in [0.1, 0.15) is 0 Å².